The zero-order valence-corrected chi connectivity index (χ0v) is 13.1. The van der Waals surface area contributed by atoms with Gasteiger partial charge in [-0.25, -0.2) is 4.39 Å². The van der Waals surface area contributed by atoms with Crippen molar-refractivity contribution in [2.24, 2.45) is 0 Å². The molecule has 2 aromatic carbocycles. The summed E-state index contributed by atoms with van der Waals surface area (Å²) in [4.78, 5) is 11.9. The highest BCUT2D eigenvalue weighted by Crippen LogP contribution is 2.20. The van der Waals surface area contributed by atoms with E-state index in [1.54, 1.807) is 12.1 Å². The Kier molecular flexibility index (Phi) is 4.71. The van der Waals surface area contributed by atoms with Gasteiger partial charge < -0.3 is 10.4 Å². The number of aromatic nitrogens is 4. The molecule has 0 unspecified atom stereocenters. The Hall–Kier alpha value is -2.94. The van der Waals surface area contributed by atoms with Gasteiger partial charge in [0.1, 0.15) is 11.6 Å². The van der Waals surface area contributed by atoms with Gasteiger partial charge in [0, 0.05) is 5.69 Å². The molecule has 9 heteroatoms. The molecule has 122 valence electrons. The van der Waals surface area contributed by atoms with Gasteiger partial charge in [-0.1, -0.05) is 11.8 Å². The number of phenols is 1. The Labute approximate surface area is 140 Å². The Bertz CT molecular complexity index is 836. The largest absolute Gasteiger partial charge is 0.508 e. The van der Waals surface area contributed by atoms with E-state index < -0.39 is 0 Å². The molecule has 3 rings (SSSR count). The molecule has 0 saturated heterocycles. The number of nitrogens with one attached hydrogen (secondary N) is 1. The minimum absolute atomic E-state index is 0.0931. The lowest BCUT2D eigenvalue weighted by molar-refractivity contribution is -0.113. The van der Waals surface area contributed by atoms with Gasteiger partial charge in [0.2, 0.25) is 11.1 Å². The number of nitrogens with zero attached hydrogens (tertiary/aromatic N) is 4. The minimum Gasteiger partial charge on any atom is -0.508 e. The monoisotopic (exact) mass is 345 g/mol. The highest BCUT2D eigenvalue weighted by molar-refractivity contribution is 7.99. The van der Waals surface area contributed by atoms with Gasteiger partial charge in [-0.3, -0.25) is 4.79 Å². The van der Waals surface area contributed by atoms with Crippen LogP contribution < -0.4 is 5.32 Å². The number of aromatic hydroxyl groups is 1. The molecule has 0 radical (unpaired) electrons. The minimum atomic E-state index is -0.365. The summed E-state index contributed by atoms with van der Waals surface area (Å²) in [5.41, 5.74) is 1.18. The second-order valence-corrected chi connectivity index (χ2v) is 5.68. The van der Waals surface area contributed by atoms with E-state index in [4.69, 9.17) is 0 Å². The lowest BCUT2D eigenvalue weighted by Crippen LogP contribution is -2.14. The lowest BCUT2D eigenvalue weighted by atomic mass is 10.3. The number of anilines is 1. The molecular weight excluding hydrogens is 333 g/mol. The Morgan fingerprint density at radius 1 is 1.17 bits per heavy atom. The first kappa shape index (κ1) is 15.9. The van der Waals surface area contributed by atoms with Crippen LogP contribution >= 0.6 is 11.8 Å². The highest BCUT2D eigenvalue weighted by atomic mass is 32.2. The summed E-state index contributed by atoms with van der Waals surface area (Å²) in [7, 11) is 0. The third-order valence-electron chi connectivity index (χ3n) is 3.00. The van der Waals surface area contributed by atoms with E-state index in [2.05, 4.69) is 20.8 Å². The van der Waals surface area contributed by atoms with E-state index >= 15 is 0 Å². The zero-order valence-electron chi connectivity index (χ0n) is 12.3. The smallest absolute Gasteiger partial charge is 0.234 e. The maximum Gasteiger partial charge on any atom is 0.234 e. The molecule has 3 aromatic rings. The van der Waals surface area contributed by atoms with Crippen molar-refractivity contribution in [3.8, 4) is 11.4 Å². The topological polar surface area (TPSA) is 92.9 Å². The van der Waals surface area contributed by atoms with Gasteiger partial charge in [0.05, 0.1) is 11.4 Å². The van der Waals surface area contributed by atoms with Gasteiger partial charge in [-0.05, 0) is 59.0 Å². The van der Waals surface area contributed by atoms with Gasteiger partial charge in [-0.2, -0.15) is 4.68 Å². The Morgan fingerprint density at radius 3 is 2.58 bits per heavy atom. The molecule has 1 heterocycles. The number of carbonyl (C=O) groups excluding carboxylic acids is 1. The average Bonchev–Trinajstić information content (AvgIpc) is 3.04. The summed E-state index contributed by atoms with van der Waals surface area (Å²) < 4.78 is 14.3. The van der Waals surface area contributed by atoms with Crippen molar-refractivity contribution >= 4 is 23.4 Å². The number of thioether (sulfide) groups is 1. The highest BCUT2D eigenvalue weighted by Gasteiger charge is 2.12. The van der Waals surface area contributed by atoms with E-state index in [-0.39, 0.29) is 23.2 Å². The number of tetrazole rings is 1. The van der Waals surface area contributed by atoms with Crippen molar-refractivity contribution in [3.05, 3.63) is 54.3 Å². The van der Waals surface area contributed by atoms with Crippen LogP contribution in [0.25, 0.3) is 5.69 Å². The van der Waals surface area contributed by atoms with Crippen molar-refractivity contribution < 1.29 is 14.3 Å². The summed E-state index contributed by atoms with van der Waals surface area (Å²) in [6.07, 6.45) is 0. The van der Waals surface area contributed by atoms with Crippen molar-refractivity contribution in [1.82, 2.24) is 20.2 Å². The van der Waals surface area contributed by atoms with Crippen LogP contribution in [-0.4, -0.2) is 37.0 Å². The van der Waals surface area contributed by atoms with E-state index in [0.717, 1.165) is 11.8 Å². The number of benzene rings is 2. The van der Waals surface area contributed by atoms with Crippen LogP contribution in [0.4, 0.5) is 10.1 Å². The molecule has 0 spiro atoms. The van der Waals surface area contributed by atoms with Crippen LogP contribution in [0.5, 0.6) is 5.75 Å². The van der Waals surface area contributed by atoms with Crippen molar-refractivity contribution in [2.45, 2.75) is 5.16 Å². The van der Waals surface area contributed by atoms with Crippen molar-refractivity contribution in [1.29, 1.82) is 0 Å². The van der Waals surface area contributed by atoms with Crippen LogP contribution in [-0.2, 0) is 4.79 Å². The molecular formula is C15H12FN5O2S. The molecule has 1 aromatic heterocycles. The normalized spacial score (nSPS) is 10.5. The number of amides is 1. The number of carbonyl (C=O) groups is 1. The molecule has 0 bridgehead atoms. The second kappa shape index (κ2) is 7.09. The summed E-state index contributed by atoms with van der Waals surface area (Å²) >= 11 is 1.16. The van der Waals surface area contributed by atoms with E-state index in [0.29, 0.717) is 16.5 Å². The predicted octanol–water partition coefficient (Wildman–Crippen LogP) is 2.24. The molecule has 0 atom stereocenters. The summed E-state index contributed by atoms with van der Waals surface area (Å²) in [6.45, 7) is 0. The molecule has 0 saturated carbocycles. The second-order valence-electron chi connectivity index (χ2n) is 4.73. The maximum atomic E-state index is 12.8. The maximum absolute atomic E-state index is 12.8. The lowest BCUT2D eigenvalue weighted by Gasteiger charge is -2.06. The number of phenolic OH excluding ortho intramolecular Hbond substituents is 1. The van der Waals surface area contributed by atoms with E-state index in [1.165, 1.54) is 41.1 Å². The van der Waals surface area contributed by atoms with Crippen LogP contribution in [0, 0.1) is 5.82 Å². The van der Waals surface area contributed by atoms with Crippen LogP contribution in [0.1, 0.15) is 0 Å². The molecule has 1 amide bonds. The first-order chi connectivity index (χ1) is 11.6. The van der Waals surface area contributed by atoms with Crippen molar-refractivity contribution in [2.75, 3.05) is 11.1 Å². The molecule has 7 nitrogen and oxygen atoms in total. The first-order valence-corrected chi connectivity index (χ1v) is 7.86. The molecule has 2 N–H and O–H groups in total. The van der Waals surface area contributed by atoms with Gasteiger partial charge in [0.25, 0.3) is 0 Å². The van der Waals surface area contributed by atoms with Crippen LogP contribution in [0.15, 0.2) is 53.7 Å². The predicted molar refractivity (Wildman–Crippen MR) is 86.6 cm³/mol. The van der Waals surface area contributed by atoms with Gasteiger partial charge in [0.15, 0.2) is 0 Å². The van der Waals surface area contributed by atoms with Gasteiger partial charge in [-0.15, -0.1) is 5.10 Å². The Morgan fingerprint density at radius 2 is 1.88 bits per heavy atom. The Balaban J connectivity index is 1.63. The van der Waals surface area contributed by atoms with E-state index in [9.17, 15) is 14.3 Å². The van der Waals surface area contributed by atoms with Crippen LogP contribution in [0.2, 0.25) is 0 Å². The molecule has 24 heavy (non-hydrogen) atoms. The molecule has 0 aliphatic rings. The molecule has 0 fully saturated rings. The fourth-order valence-corrected chi connectivity index (χ4v) is 2.58. The first-order valence-electron chi connectivity index (χ1n) is 6.88. The number of rotatable bonds is 5. The van der Waals surface area contributed by atoms with Gasteiger partial charge >= 0.3 is 0 Å². The SMILES string of the molecule is O=C(CSc1nnnn1-c1ccc(O)cc1)Nc1ccc(F)cc1. The van der Waals surface area contributed by atoms with Crippen molar-refractivity contribution in [3.63, 3.8) is 0 Å². The third kappa shape index (κ3) is 3.87. The van der Waals surface area contributed by atoms with Crippen LogP contribution in [0.3, 0.4) is 0 Å². The fourth-order valence-electron chi connectivity index (χ4n) is 1.89. The standard InChI is InChI=1S/C15H12FN5O2S/c16-10-1-3-11(4-2-10)17-14(23)9-24-15-18-19-20-21(15)12-5-7-13(22)8-6-12/h1-8,22H,9H2,(H,17,23). The number of hydrogen-bond donors (Lipinski definition) is 2. The molecule has 0 aliphatic carbocycles. The summed E-state index contributed by atoms with van der Waals surface area (Å²) in [5, 5.41) is 23.8. The summed E-state index contributed by atoms with van der Waals surface area (Å²) in [6, 6.07) is 11.9. The third-order valence-corrected chi connectivity index (χ3v) is 3.91. The number of halogens is 1. The zero-order chi connectivity index (χ0) is 16.9. The summed E-state index contributed by atoms with van der Waals surface area (Å²) in [5.74, 6) is -0.391. The average molecular weight is 345 g/mol. The molecule has 0 aliphatic heterocycles. The fraction of sp³-hybridized carbons (Fsp3) is 0.0667. The van der Waals surface area contributed by atoms with E-state index in [1.807, 2.05) is 0 Å². The quantitative estimate of drug-likeness (QED) is 0.689. The number of hydrogen-bond acceptors (Lipinski definition) is 6.